The number of allylic oxidation sites excluding steroid dienone is 3. The van der Waals surface area contributed by atoms with Gasteiger partial charge in [-0.1, -0.05) is 0 Å². The van der Waals surface area contributed by atoms with Gasteiger partial charge in [0.1, 0.15) is 0 Å². The summed E-state index contributed by atoms with van der Waals surface area (Å²) in [6.45, 7) is 0. The summed E-state index contributed by atoms with van der Waals surface area (Å²) in [6.07, 6.45) is 5.52. The van der Waals surface area contributed by atoms with Crippen LogP contribution < -0.4 is 0 Å². The molecule has 1 aromatic carbocycles. The molecule has 0 fully saturated rings. The summed E-state index contributed by atoms with van der Waals surface area (Å²) in [5.74, 6) is 1.13. The van der Waals surface area contributed by atoms with Gasteiger partial charge in [0, 0.05) is 0 Å². The molecule has 1 aromatic rings. The Bertz CT molecular complexity index is 635. The van der Waals surface area contributed by atoms with Gasteiger partial charge in [-0.15, -0.1) is 0 Å². The Kier molecular flexibility index (Phi) is 5.36. The minimum atomic E-state index is -1.74. The Labute approximate surface area is 134 Å². The molecule has 0 atom stereocenters. The SMILES string of the molecule is COC(=O)C1=CC(=Cc2ccccc2)C=C(C(=O)OC)[Se+]1C. The number of hydrogen-bond acceptors (Lipinski definition) is 4. The predicted octanol–water partition coefficient (Wildman–Crippen LogP) is 2.49. The maximum atomic E-state index is 12.0. The van der Waals surface area contributed by atoms with E-state index in [1.54, 1.807) is 12.2 Å². The van der Waals surface area contributed by atoms with Crippen molar-refractivity contribution in [1.29, 1.82) is 0 Å². The Morgan fingerprint density at radius 1 is 0.955 bits per heavy atom. The Morgan fingerprint density at radius 2 is 1.45 bits per heavy atom. The maximum absolute atomic E-state index is 12.0. The van der Waals surface area contributed by atoms with Gasteiger partial charge in [0.15, 0.2) is 0 Å². The second-order valence-electron chi connectivity index (χ2n) is 4.57. The number of methoxy groups -OCH3 is 2. The van der Waals surface area contributed by atoms with Crippen LogP contribution in [0, 0.1) is 0 Å². The molecule has 0 radical (unpaired) electrons. The Balaban J connectivity index is 2.48. The van der Waals surface area contributed by atoms with Gasteiger partial charge in [-0.3, -0.25) is 0 Å². The van der Waals surface area contributed by atoms with E-state index in [9.17, 15) is 9.59 Å². The fourth-order valence-corrected chi connectivity index (χ4v) is 5.24. The van der Waals surface area contributed by atoms with Crippen LogP contribution in [0.15, 0.2) is 57.0 Å². The predicted molar refractivity (Wildman–Crippen MR) is 86.2 cm³/mol. The molecule has 0 aliphatic carbocycles. The number of rotatable bonds is 3. The molecule has 22 heavy (non-hydrogen) atoms. The zero-order valence-corrected chi connectivity index (χ0v) is 14.4. The van der Waals surface area contributed by atoms with Crippen LogP contribution in [0.25, 0.3) is 6.08 Å². The van der Waals surface area contributed by atoms with Crippen LogP contribution in [0.1, 0.15) is 5.56 Å². The molecular weight excluding hydrogens is 347 g/mol. The van der Waals surface area contributed by atoms with Gasteiger partial charge < -0.3 is 0 Å². The summed E-state index contributed by atoms with van der Waals surface area (Å²) in [7, 11) is 2.69. The second-order valence-corrected chi connectivity index (χ2v) is 8.55. The van der Waals surface area contributed by atoms with Crippen molar-refractivity contribution in [3.05, 3.63) is 62.6 Å². The molecule has 4 nitrogen and oxygen atoms in total. The molecule has 114 valence electrons. The quantitative estimate of drug-likeness (QED) is 0.611. The monoisotopic (exact) mass is 365 g/mol. The molecule has 1 aliphatic rings. The fraction of sp³-hybridized carbons (Fsp3) is 0.176. The van der Waals surface area contributed by atoms with E-state index < -0.39 is 13.9 Å². The molecule has 0 bridgehead atoms. The summed E-state index contributed by atoms with van der Waals surface area (Å²) >= 11 is -1.74. The van der Waals surface area contributed by atoms with Crippen LogP contribution in [0.3, 0.4) is 0 Å². The number of carbonyl (C=O) groups is 2. The Morgan fingerprint density at radius 3 is 1.91 bits per heavy atom. The molecule has 0 saturated carbocycles. The van der Waals surface area contributed by atoms with Gasteiger partial charge in [-0.05, 0) is 0 Å². The van der Waals surface area contributed by atoms with E-state index in [0.717, 1.165) is 11.1 Å². The van der Waals surface area contributed by atoms with Crippen LogP contribution in [0.4, 0.5) is 0 Å². The summed E-state index contributed by atoms with van der Waals surface area (Å²) in [4.78, 5) is 23.9. The minimum absolute atomic E-state index is 0.388. The van der Waals surface area contributed by atoms with Crippen molar-refractivity contribution in [2.45, 2.75) is 5.82 Å². The van der Waals surface area contributed by atoms with Gasteiger partial charge in [-0.25, -0.2) is 0 Å². The molecule has 0 amide bonds. The fourth-order valence-electron chi connectivity index (χ4n) is 2.03. The van der Waals surface area contributed by atoms with Crippen molar-refractivity contribution < 1.29 is 19.1 Å². The average Bonchev–Trinajstić information content (AvgIpc) is 2.55. The van der Waals surface area contributed by atoms with Gasteiger partial charge in [0.25, 0.3) is 0 Å². The zero-order valence-electron chi connectivity index (χ0n) is 12.7. The second kappa shape index (κ2) is 7.25. The summed E-state index contributed by atoms with van der Waals surface area (Å²) in [5.41, 5.74) is 1.78. The van der Waals surface area contributed by atoms with E-state index in [0.29, 0.717) is 8.94 Å². The van der Waals surface area contributed by atoms with E-state index in [2.05, 4.69) is 0 Å². The van der Waals surface area contributed by atoms with Gasteiger partial charge in [-0.2, -0.15) is 0 Å². The van der Waals surface area contributed by atoms with Crippen molar-refractivity contribution in [3.8, 4) is 0 Å². The first kappa shape index (κ1) is 16.3. The van der Waals surface area contributed by atoms with Crippen LogP contribution in [-0.2, 0) is 19.1 Å². The molecule has 5 heteroatoms. The zero-order chi connectivity index (χ0) is 16.1. The standard InChI is InChI=1S/C17H17O4Se/c1-20-16(18)14-10-13(9-12-7-5-4-6-8-12)11-15(22(14)3)17(19)21-2/h4-11H,1-3H3/q+1. The summed E-state index contributed by atoms with van der Waals surface area (Å²) < 4.78 is 10.8. The van der Waals surface area contributed by atoms with Gasteiger partial charge in [0.2, 0.25) is 0 Å². The molecule has 2 rings (SSSR count). The van der Waals surface area contributed by atoms with Crippen molar-refractivity contribution >= 4 is 31.9 Å². The first-order valence-electron chi connectivity index (χ1n) is 6.59. The average molecular weight is 364 g/mol. The number of ether oxygens (including phenoxy) is 2. The van der Waals surface area contributed by atoms with Gasteiger partial charge >= 0.3 is 134 Å². The van der Waals surface area contributed by atoms with E-state index >= 15 is 0 Å². The Hall–Kier alpha value is -2.10. The molecule has 0 N–H and O–H groups in total. The number of benzene rings is 1. The molecule has 0 unspecified atom stereocenters. The van der Waals surface area contributed by atoms with Crippen molar-refractivity contribution in [3.63, 3.8) is 0 Å². The van der Waals surface area contributed by atoms with Crippen LogP contribution >= 0.6 is 0 Å². The van der Waals surface area contributed by atoms with Gasteiger partial charge in [0.05, 0.1) is 0 Å². The van der Waals surface area contributed by atoms with E-state index in [-0.39, 0.29) is 11.9 Å². The first-order chi connectivity index (χ1) is 10.6. The number of carbonyl (C=O) groups excluding carboxylic acids is 2. The molecule has 1 aliphatic heterocycles. The van der Waals surface area contributed by atoms with E-state index in [4.69, 9.17) is 9.47 Å². The van der Waals surface area contributed by atoms with Crippen molar-refractivity contribution in [2.75, 3.05) is 14.2 Å². The van der Waals surface area contributed by atoms with E-state index in [1.165, 1.54) is 14.2 Å². The summed E-state index contributed by atoms with van der Waals surface area (Å²) in [5, 5.41) is 0. The van der Waals surface area contributed by atoms with Crippen LogP contribution in [0.5, 0.6) is 0 Å². The number of hydrogen-bond donors (Lipinski definition) is 0. The normalized spacial score (nSPS) is 17.2. The molecule has 0 spiro atoms. The molecular formula is C17H17O4Se+. The third kappa shape index (κ3) is 3.56. The first-order valence-corrected chi connectivity index (χ1v) is 10.0. The number of esters is 2. The summed E-state index contributed by atoms with van der Waals surface area (Å²) in [6, 6.07) is 9.71. The van der Waals surface area contributed by atoms with Crippen molar-refractivity contribution in [1.82, 2.24) is 0 Å². The van der Waals surface area contributed by atoms with E-state index in [1.807, 2.05) is 42.2 Å². The van der Waals surface area contributed by atoms with Crippen molar-refractivity contribution in [2.24, 2.45) is 0 Å². The topological polar surface area (TPSA) is 52.6 Å². The van der Waals surface area contributed by atoms with Crippen LogP contribution in [-0.4, -0.2) is 40.1 Å². The van der Waals surface area contributed by atoms with Crippen LogP contribution in [0.2, 0.25) is 5.82 Å². The molecule has 1 heterocycles. The molecule has 0 saturated heterocycles. The third-order valence-electron chi connectivity index (χ3n) is 3.16. The third-order valence-corrected chi connectivity index (χ3v) is 7.12. The molecule has 0 aromatic heterocycles.